The van der Waals surface area contributed by atoms with Crippen LogP contribution in [0.5, 0.6) is 0 Å². The summed E-state index contributed by atoms with van der Waals surface area (Å²) in [5.41, 5.74) is 2.17. The molecule has 0 atom stereocenters. The first-order valence-corrected chi connectivity index (χ1v) is 9.82. The van der Waals surface area contributed by atoms with E-state index in [2.05, 4.69) is 20.7 Å². The molecule has 4 rings (SSSR count). The Morgan fingerprint density at radius 3 is 2.38 bits per heavy atom. The van der Waals surface area contributed by atoms with Gasteiger partial charge in [-0.2, -0.15) is 9.67 Å². The van der Waals surface area contributed by atoms with Gasteiger partial charge in [0, 0.05) is 11.5 Å². The number of carbonyl (C=O) groups is 2. The van der Waals surface area contributed by atoms with Gasteiger partial charge >= 0.3 is 0 Å². The minimum Gasteiger partial charge on any atom is -0.294 e. The third-order valence-electron chi connectivity index (χ3n) is 5.18. The number of hydrogen-bond donors (Lipinski definition) is 2. The Labute approximate surface area is 169 Å². The number of aromatic nitrogens is 3. The van der Waals surface area contributed by atoms with Crippen molar-refractivity contribution in [3.8, 4) is 5.69 Å². The van der Waals surface area contributed by atoms with Gasteiger partial charge in [-0.05, 0) is 43.5 Å². The summed E-state index contributed by atoms with van der Waals surface area (Å²) in [6, 6.07) is 16.7. The summed E-state index contributed by atoms with van der Waals surface area (Å²) in [4.78, 5) is 29.6. The predicted octanol–water partition coefficient (Wildman–Crippen LogP) is 3.96. The highest BCUT2D eigenvalue weighted by molar-refractivity contribution is 6.04. The molecule has 2 aromatic carbocycles. The van der Waals surface area contributed by atoms with Gasteiger partial charge in [0.1, 0.15) is 0 Å². The fourth-order valence-corrected chi connectivity index (χ4v) is 3.59. The normalized spacial score (nSPS) is 14.0. The third kappa shape index (κ3) is 4.18. The van der Waals surface area contributed by atoms with Gasteiger partial charge < -0.3 is 0 Å². The SMILES string of the molecule is Cc1ccccc1C(=O)Nc1nc(NC(=O)C2CCCC2)n(-c2ccccc2)n1. The molecule has 0 radical (unpaired) electrons. The largest absolute Gasteiger partial charge is 0.294 e. The predicted molar refractivity (Wildman–Crippen MR) is 111 cm³/mol. The van der Waals surface area contributed by atoms with Gasteiger partial charge in [0.25, 0.3) is 11.9 Å². The molecular weight excluding hydrogens is 366 g/mol. The molecular formula is C22H23N5O2. The second kappa shape index (κ2) is 8.26. The van der Waals surface area contributed by atoms with Crippen molar-refractivity contribution in [1.82, 2.24) is 14.8 Å². The average molecular weight is 389 g/mol. The number of amides is 2. The van der Waals surface area contributed by atoms with E-state index in [9.17, 15) is 9.59 Å². The molecule has 0 saturated heterocycles. The summed E-state index contributed by atoms with van der Waals surface area (Å²) in [7, 11) is 0. The Morgan fingerprint density at radius 2 is 1.66 bits per heavy atom. The summed E-state index contributed by atoms with van der Waals surface area (Å²) in [5, 5.41) is 10.0. The van der Waals surface area contributed by atoms with E-state index in [0.29, 0.717) is 11.5 Å². The third-order valence-corrected chi connectivity index (χ3v) is 5.18. The van der Waals surface area contributed by atoms with Crippen LogP contribution in [0.1, 0.15) is 41.6 Å². The quantitative estimate of drug-likeness (QED) is 0.691. The van der Waals surface area contributed by atoms with Crippen LogP contribution in [0.25, 0.3) is 5.69 Å². The Morgan fingerprint density at radius 1 is 0.966 bits per heavy atom. The molecule has 2 amide bonds. The van der Waals surface area contributed by atoms with E-state index in [1.807, 2.05) is 55.5 Å². The lowest BCUT2D eigenvalue weighted by atomic mass is 10.1. The minimum atomic E-state index is -0.290. The molecule has 3 aromatic rings. The van der Waals surface area contributed by atoms with Crippen molar-refractivity contribution >= 4 is 23.7 Å². The second-order valence-corrected chi connectivity index (χ2v) is 7.25. The van der Waals surface area contributed by atoms with E-state index in [1.54, 1.807) is 10.7 Å². The number of para-hydroxylation sites is 1. The molecule has 1 aliphatic rings. The second-order valence-electron chi connectivity index (χ2n) is 7.25. The smallest absolute Gasteiger partial charge is 0.258 e. The molecule has 0 aliphatic heterocycles. The number of nitrogens with zero attached hydrogens (tertiary/aromatic N) is 3. The fourth-order valence-electron chi connectivity index (χ4n) is 3.59. The highest BCUT2D eigenvalue weighted by atomic mass is 16.2. The number of hydrogen-bond acceptors (Lipinski definition) is 4. The van der Waals surface area contributed by atoms with Crippen molar-refractivity contribution in [2.75, 3.05) is 10.6 Å². The van der Waals surface area contributed by atoms with Crippen LogP contribution < -0.4 is 10.6 Å². The molecule has 0 bridgehead atoms. The summed E-state index contributed by atoms with van der Waals surface area (Å²) in [6.07, 6.45) is 3.92. The van der Waals surface area contributed by atoms with E-state index in [1.165, 1.54) is 0 Å². The molecule has 0 spiro atoms. The monoisotopic (exact) mass is 389 g/mol. The molecule has 1 fully saturated rings. The standard InChI is InChI=1S/C22H23N5O2/c1-15-9-5-8-14-18(15)20(29)23-21-25-22(24-19(28)16-10-6-7-11-16)27(26-21)17-12-3-2-4-13-17/h2-5,8-9,12-14,16H,6-7,10-11H2,1H3,(H2,23,24,25,26,28,29). The zero-order valence-electron chi connectivity index (χ0n) is 16.3. The molecule has 1 heterocycles. The molecule has 7 heteroatoms. The van der Waals surface area contributed by atoms with Crippen LogP contribution in [0.4, 0.5) is 11.9 Å². The Kier molecular flexibility index (Phi) is 5.37. The number of rotatable bonds is 5. The molecule has 0 unspecified atom stereocenters. The highest BCUT2D eigenvalue weighted by Crippen LogP contribution is 2.26. The van der Waals surface area contributed by atoms with Gasteiger partial charge in [0.05, 0.1) is 5.69 Å². The van der Waals surface area contributed by atoms with Crippen molar-refractivity contribution in [2.24, 2.45) is 5.92 Å². The van der Waals surface area contributed by atoms with Crippen LogP contribution >= 0.6 is 0 Å². The van der Waals surface area contributed by atoms with Crippen LogP contribution in [0.15, 0.2) is 54.6 Å². The maximum Gasteiger partial charge on any atom is 0.258 e. The zero-order chi connectivity index (χ0) is 20.2. The molecule has 148 valence electrons. The molecule has 1 aliphatic carbocycles. The van der Waals surface area contributed by atoms with Crippen molar-refractivity contribution in [2.45, 2.75) is 32.6 Å². The van der Waals surface area contributed by atoms with E-state index in [0.717, 1.165) is 36.9 Å². The molecule has 1 saturated carbocycles. The van der Waals surface area contributed by atoms with Gasteiger partial charge in [0.2, 0.25) is 11.9 Å². The van der Waals surface area contributed by atoms with Gasteiger partial charge in [-0.3, -0.25) is 20.2 Å². The van der Waals surface area contributed by atoms with Crippen molar-refractivity contribution in [1.29, 1.82) is 0 Å². The Balaban J connectivity index is 1.61. The number of aryl methyl sites for hydroxylation is 1. The first-order chi connectivity index (χ1) is 14.1. The van der Waals surface area contributed by atoms with Crippen molar-refractivity contribution in [3.63, 3.8) is 0 Å². The summed E-state index contributed by atoms with van der Waals surface area (Å²) in [5.74, 6) is 0.101. The number of nitrogens with one attached hydrogen (secondary N) is 2. The minimum absolute atomic E-state index is 0.000864. The van der Waals surface area contributed by atoms with Crippen LogP contribution in [0.3, 0.4) is 0 Å². The first kappa shape index (κ1) is 18.9. The summed E-state index contributed by atoms with van der Waals surface area (Å²) >= 11 is 0. The van der Waals surface area contributed by atoms with E-state index in [4.69, 9.17) is 0 Å². The first-order valence-electron chi connectivity index (χ1n) is 9.82. The van der Waals surface area contributed by atoms with Gasteiger partial charge in [-0.15, -0.1) is 5.10 Å². The highest BCUT2D eigenvalue weighted by Gasteiger charge is 2.25. The van der Waals surface area contributed by atoms with Gasteiger partial charge in [-0.25, -0.2) is 0 Å². The molecule has 29 heavy (non-hydrogen) atoms. The lowest BCUT2D eigenvalue weighted by Gasteiger charge is -2.10. The maximum absolute atomic E-state index is 12.6. The van der Waals surface area contributed by atoms with Crippen LogP contribution in [-0.4, -0.2) is 26.6 Å². The van der Waals surface area contributed by atoms with Crippen LogP contribution in [0.2, 0.25) is 0 Å². The number of anilines is 2. The van der Waals surface area contributed by atoms with Gasteiger partial charge in [-0.1, -0.05) is 49.2 Å². The van der Waals surface area contributed by atoms with Crippen LogP contribution in [0, 0.1) is 12.8 Å². The number of benzene rings is 2. The maximum atomic E-state index is 12.6. The lowest BCUT2D eigenvalue weighted by Crippen LogP contribution is -2.22. The molecule has 1 aromatic heterocycles. The topological polar surface area (TPSA) is 88.9 Å². The number of carbonyl (C=O) groups excluding carboxylic acids is 2. The van der Waals surface area contributed by atoms with E-state index < -0.39 is 0 Å². The summed E-state index contributed by atoms with van der Waals surface area (Å²) in [6.45, 7) is 1.87. The Hall–Kier alpha value is -3.48. The van der Waals surface area contributed by atoms with Crippen molar-refractivity contribution < 1.29 is 9.59 Å². The molecule has 2 N–H and O–H groups in total. The lowest BCUT2D eigenvalue weighted by molar-refractivity contribution is -0.119. The van der Waals surface area contributed by atoms with Gasteiger partial charge in [0.15, 0.2) is 0 Å². The van der Waals surface area contributed by atoms with E-state index >= 15 is 0 Å². The summed E-state index contributed by atoms with van der Waals surface area (Å²) < 4.78 is 1.54. The Bertz CT molecular complexity index is 1020. The zero-order valence-corrected chi connectivity index (χ0v) is 16.3. The van der Waals surface area contributed by atoms with Crippen molar-refractivity contribution in [3.05, 3.63) is 65.7 Å². The van der Waals surface area contributed by atoms with Crippen LogP contribution in [-0.2, 0) is 4.79 Å². The molecule has 7 nitrogen and oxygen atoms in total. The fraction of sp³-hybridized carbons (Fsp3) is 0.273. The van der Waals surface area contributed by atoms with E-state index in [-0.39, 0.29) is 23.7 Å². The average Bonchev–Trinajstić information content (AvgIpc) is 3.39.